The fourth-order valence-corrected chi connectivity index (χ4v) is 2.23. The topological polar surface area (TPSA) is 62.2 Å². The Balaban J connectivity index is 1.93. The van der Waals surface area contributed by atoms with Gasteiger partial charge in [-0.2, -0.15) is 0 Å². The van der Waals surface area contributed by atoms with Gasteiger partial charge in [-0.1, -0.05) is 11.6 Å². The standard InChI is InChI=1S/C13H11ClN2O2S/c14-9-1-2-12(17)11(7-9)16-13(18)8-19-10-3-5-15-6-4-10/h1-7,17H,8H2,(H,16,18). The van der Waals surface area contributed by atoms with E-state index in [2.05, 4.69) is 10.3 Å². The average Bonchev–Trinajstić information content (AvgIpc) is 2.42. The maximum atomic E-state index is 11.7. The van der Waals surface area contributed by atoms with E-state index < -0.39 is 0 Å². The van der Waals surface area contributed by atoms with E-state index in [1.807, 2.05) is 12.1 Å². The predicted octanol–water partition coefficient (Wildman–Crippen LogP) is 3.17. The number of aromatic hydroxyl groups is 1. The van der Waals surface area contributed by atoms with Crippen LogP contribution < -0.4 is 5.32 Å². The summed E-state index contributed by atoms with van der Waals surface area (Å²) in [6.07, 6.45) is 3.34. The van der Waals surface area contributed by atoms with Crippen molar-refractivity contribution in [1.29, 1.82) is 0 Å². The molecule has 0 radical (unpaired) electrons. The maximum absolute atomic E-state index is 11.7. The number of hydrogen-bond donors (Lipinski definition) is 2. The number of phenols is 1. The summed E-state index contributed by atoms with van der Waals surface area (Å²) in [6.45, 7) is 0. The number of nitrogens with one attached hydrogen (secondary N) is 1. The minimum absolute atomic E-state index is 0.00772. The van der Waals surface area contributed by atoms with Crippen molar-refractivity contribution in [2.75, 3.05) is 11.1 Å². The van der Waals surface area contributed by atoms with E-state index in [0.717, 1.165) is 4.90 Å². The first-order chi connectivity index (χ1) is 9.15. The second-order valence-electron chi connectivity index (χ2n) is 3.68. The van der Waals surface area contributed by atoms with Gasteiger partial charge in [-0.3, -0.25) is 9.78 Å². The number of phenolic OH excluding ortho intramolecular Hbond substituents is 1. The van der Waals surface area contributed by atoms with Crippen LogP contribution in [-0.2, 0) is 4.79 Å². The van der Waals surface area contributed by atoms with Crippen molar-refractivity contribution in [2.45, 2.75) is 4.90 Å². The van der Waals surface area contributed by atoms with Gasteiger partial charge in [-0.25, -0.2) is 0 Å². The average molecular weight is 295 g/mol. The minimum atomic E-state index is -0.209. The van der Waals surface area contributed by atoms with Crippen LogP contribution in [0.1, 0.15) is 0 Å². The van der Waals surface area contributed by atoms with Crippen LogP contribution >= 0.6 is 23.4 Å². The minimum Gasteiger partial charge on any atom is -0.506 e. The smallest absolute Gasteiger partial charge is 0.234 e. The Labute approximate surface area is 119 Å². The molecule has 2 aromatic rings. The fraction of sp³-hybridized carbons (Fsp3) is 0.0769. The van der Waals surface area contributed by atoms with E-state index in [1.54, 1.807) is 18.5 Å². The van der Waals surface area contributed by atoms with Gasteiger partial charge < -0.3 is 10.4 Å². The lowest BCUT2D eigenvalue weighted by Crippen LogP contribution is -2.14. The third kappa shape index (κ3) is 4.15. The Bertz CT molecular complexity index is 578. The van der Waals surface area contributed by atoms with Crippen LogP contribution in [0.4, 0.5) is 5.69 Å². The van der Waals surface area contributed by atoms with Gasteiger partial charge in [0.15, 0.2) is 0 Å². The first kappa shape index (κ1) is 13.7. The third-order valence-corrected chi connectivity index (χ3v) is 3.50. The molecule has 0 aliphatic carbocycles. The zero-order chi connectivity index (χ0) is 13.7. The molecule has 98 valence electrons. The molecule has 4 nitrogen and oxygen atoms in total. The van der Waals surface area contributed by atoms with Crippen LogP contribution in [0.25, 0.3) is 0 Å². The van der Waals surface area contributed by atoms with E-state index in [4.69, 9.17) is 11.6 Å². The molecular formula is C13H11ClN2O2S. The van der Waals surface area contributed by atoms with Gasteiger partial charge >= 0.3 is 0 Å². The molecule has 6 heteroatoms. The van der Waals surface area contributed by atoms with Gasteiger partial charge in [0.25, 0.3) is 0 Å². The summed E-state index contributed by atoms with van der Waals surface area (Å²) in [5.74, 6) is 0.0294. The molecule has 0 aliphatic rings. The summed E-state index contributed by atoms with van der Waals surface area (Å²) in [5.41, 5.74) is 0.313. The lowest BCUT2D eigenvalue weighted by Gasteiger charge is -2.07. The Hall–Kier alpha value is -1.72. The number of hydrogen-bond acceptors (Lipinski definition) is 4. The largest absolute Gasteiger partial charge is 0.506 e. The summed E-state index contributed by atoms with van der Waals surface area (Å²) < 4.78 is 0. The number of benzene rings is 1. The van der Waals surface area contributed by atoms with Crippen molar-refractivity contribution >= 4 is 35.0 Å². The van der Waals surface area contributed by atoms with E-state index >= 15 is 0 Å². The highest BCUT2D eigenvalue weighted by Gasteiger charge is 2.07. The summed E-state index contributed by atoms with van der Waals surface area (Å²) >= 11 is 7.19. The van der Waals surface area contributed by atoms with Crippen molar-refractivity contribution in [1.82, 2.24) is 4.98 Å². The van der Waals surface area contributed by atoms with Crippen LogP contribution in [0.3, 0.4) is 0 Å². The molecule has 0 fully saturated rings. The molecule has 0 aliphatic heterocycles. The molecule has 19 heavy (non-hydrogen) atoms. The van der Waals surface area contributed by atoms with Gasteiger partial charge in [0.05, 0.1) is 11.4 Å². The van der Waals surface area contributed by atoms with E-state index in [9.17, 15) is 9.90 Å². The SMILES string of the molecule is O=C(CSc1ccncc1)Nc1cc(Cl)ccc1O. The number of halogens is 1. The van der Waals surface area contributed by atoms with E-state index in [1.165, 1.54) is 23.9 Å². The second-order valence-corrected chi connectivity index (χ2v) is 5.17. The number of amides is 1. The molecule has 0 unspecified atom stereocenters. The van der Waals surface area contributed by atoms with Crippen LogP contribution in [0, 0.1) is 0 Å². The molecule has 1 aromatic carbocycles. The van der Waals surface area contributed by atoms with Gasteiger partial charge in [0, 0.05) is 22.3 Å². The van der Waals surface area contributed by atoms with Crippen molar-refractivity contribution < 1.29 is 9.90 Å². The number of rotatable bonds is 4. The fourth-order valence-electron chi connectivity index (χ4n) is 1.38. The monoisotopic (exact) mass is 294 g/mol. The molecule has 0 spiro atoms. The Morgan fingerprint density at radius 1 is 1.32 bits per heavy atom. The summed E-state index contributed by atoms with van der Waals surface area (Å²) in [4.78, 5) is 16.6. The maximum Gasteiger partial charge on any atom is 0.234 e. The number of thioether (sulfide) groups is 1. The molecule has 0 saturated carbocycles. The highest BCUT2D eigenvalue weighted by Crippen LogP contribution is 2.27. The van der Waals surface area contributed by atoms with Crippen LogP contribution in [0.5, 0.6) is 5.75 Å². The normalized spacial score (nSPS) is 10.2. The second kappa shape index (κ2) is 6.45. The number of aromatic nitrogens is 1. The van der Waals surface area contributed by atoms with Gasteiger partial charge in [0.1, 0.15) is 5.75 Å². The molecule has 1 heterocycles. The molecular weight excluding hydrogens is 284 g/mol. The predicted molar refractivity (Wildman–Crippen MR) is 76.7 cm³/mol. The highest BCUT2D eigenvalue weighted by atomic mass is 35.5. The highest BCUT2D eigenvalue weighted by molar-refractivity contribution is 8.00. The lowest BCUT2D eigenvalue weighted by molar-refractivity contribution is -0.113. The Morgan fingerprint density at radius 3 is 2.79 bits per heavy atom. The number of anilines is 1. The zero-order valence-electron chi connectivity index (χ0n) is 9.84. The first-order valence-electron chi connectivity index (χ1n) is 5.46. The molecule has 2 N–H and O–H groups in total. The molecule has 2 rings (SSSR count). The van der Waals surface area contributed by atoms with Gasteiger partial charge in [-0.15, -0.1) is 11.8 Å². The molecule has 0 saturated heterocycles. The zero-order valence-corrected chi connectivity index (χ0v) is 11.4. The first-order valence-corrected chi connectivity index (χ1v) is 6.83. The number of carbonyl (C=O) groups excluding carboxylic acids is 1. The van der Waals surface area contributed by atoms with E-state index in [0.29, 0.717) is 10.7 Å². The van der Waals surface area contributed by atoms with Gasteiger partial charge in [-0.05, 0) is 30.3 Å². The Morgan fingerprint density at radius 2 is 2.05 bits per heavy atom. The van der Waals surface area contributed by atoms with Crippen LogP contribution in [0.15, 0.2) is 47.6 Å². The lowest BCUT2D eigenvalue weighted by atomic mass is 10.3. The van der Waals surface area contributed by atoms with Crippen molar-refractivity contribution in [2.24, 2.45) is 0 Å². The third-order valence-electron chi connectivity index (χ3n) is 2.25. The molecule has 1 aromatic heterocycles. The van der Waals surface area contributed by atoms with Gasteiger partial charge in [0.2, 0.25) is 5.91 Å². The summed E-state index contributed by atoms with van der Waals surface area (Å²) in [5, 5.41) is 12.6. The molecule has 0 atom stereocenters. The van der Waals surface area contributed by atoms with Crippen molar-refractivity contribution in [3.05, 3.63) is 47.7 Å². The quantitative estimate of drug-likeness (QED) is 0.671. The van der Waals surface area contributed by atoms with Crippen molar-refractivity contribution in [3.8, 4) is 5.75 Å². The molecule has 1 amide bonds. The summed E-state index contributed by atoms with van der Waals surface area (Å²) in [7, 11) is 0. The number of nitrogens with zero attached hydrogens (tertiary/aromatic N) is 1. The Kier molecular flexibility index (Phi) is 4.65. The van der Waals surface area contributed by atoms with Crippen LogP contribution in [-0.4, -0.2) is 21.8 Å². The van der Waals surface area contributed by atoms with Crippen LogP contribution in [0.2, 0.25) is 5.02 Å². The number of pyridine rings is 1. The molecule has 0 bridgehead atoms. The summed E-state index contributed by atoms with van der Waals surface area (Å²) in [6, 6.07) is 8.15. The van der Waals surface area contributed by atoms with Crippen molar-refractivity contribution in [3.63, 3.8) is 0 Å². The van der Waals surface area contributed by atoms with E-state index in [-0.39, 0.29) is 17.4 Å². The number of carbonyl (C=O) groups is 1.